The number of carbonyl (C=O) groups excluding carboxylic acids is 1. The largest absolute Gasteiger partial charge is 0.354 e. The molecule has 0 fully saturated rings. The number of hydrogen-bond acceptors (Lipinski definition) is 4. The number of hydrogen-bond donors (Lipinski definition) is 0. The summed E-state index contributed by atoms with van der Waals surface area (Å²) in [6.07, 6.45) is -0.738. The van der Waals surface area contributed by atoms with Crippen LogP contribution in [0.3, 0.4) is 0 Å². The van der Waals surface area contributed by atoms with Gasteiger partial charge in [-0.05, 0) is 41.5 Å². The lowest BCUT2D eigenvalue weighted by Crippen LogP contribution is -2.49. The molecule has 6 nitrogen and oxygen atoms in total. The fourth-order valence-electron chi connectivity index (χ4n) is 4.24. The SMILES string of the molecule is CO[C@H]1c2nc3ccccc3c(=O)n2[C@@H](C)C(=O)N1Cc1ccc2ccccc2c1. The van der Waals surface area contributed by atoms with Crippen molar-refractivity contribution in [2.75, 3.05) is 7.11 Å². The number of fused-ring (bicyclic) bond motifs is 3. The molecule has 3 aromatic carbocycles. The Balaban J connectivity index is 1.62. The quantitative estimate of drug-likeness (QED) is 0.526. The van der Waals surface area contributed by atoms with Crippen molar-refractivity contribution in [1.82, 2.24) is 14.5 Å². The molecule has 1 aliphatic rings. The highest BCUT2D eigenvalue weighted by molar-refractivity contribution is 5.85. The number of methoxy groups -OCH3 is 1. The molecule has 0 spiro atoms. The molecule has 0 unspecified atom stereocenters. The van der Waals surface area contributed by atoms with Crippen LogP contribution in [-0.2, 0) is 16.1 Å². The lowest BCUT2D eigenvalue weighted by molar-refractivity contribution is -0.155. The van der Waals surface area contributed by atoms with Crippen LogP contribution in [0.15, 0.2) is 71.5 Å². The monoisotopic (exact) mass is 399 g/mol. The van der Waals surface area contributed by atoms with Gasteiger partial charge in [0.1, 0.15) is 6.04 Å². The molecular formula is C24H21N3O3. The Morgan fingerprint density at radius 3 is 2.50 bits per heavy atom. The molecule has 0 aliphatic carbocycles. The second-order valence-electron chi connectivity index (χ2n) is 7.57. The van der Waals surface area contributed by atoms with E-state index < -0.39 is 12.3 Å². The van der Waals surface area contributed by atoms with E-state index in [1.54, 1.807) is 30.0 Å². The number of nitrogens with zero attached hydrogens (tertiary/aromatic N) is 3. The van der Waals surface area contributed by atoms with Crippen molar-refractivity contribution < 1.29 is 9.53 Å². The molecule has 2 atom stereocenters. The molecule has 5 rings (SSSR count). The van der Waals surface area contributed by atoms with E-state index in [-0.39, 0.29) is 11.5 Å². The van der Waals surface area contributed by atoms with Crippen LogP contribution in [0.2, 0.25) is 0 Å². The first-order valence-corrected chi connectivity index (χ1v) is 9.90. The van der Waals surface area contributed by atoms with Crippen LogP contribution in [0.5, 0.6) is 0 Å². The minimum absolute atomic E-state index is 0.165. The molecule has 0 bridgehead atoms. The number of rotatable bonds is 3. The molecule has 1 aromatic heterocycles. The van der Waals surface area contributed by atoms with Crippen LogP contribution in [0, 0.1) is 0 Å². The first-order valence-electron chi connectivity index (χ1n) is 9.90. The first-order chi connectivity index (χ1) is 14.6. The fraction of sp³-hybridized carbons (Fsp3) is 0.208. The molecule has 0 saturated heterocycles. The van der Waals surface area contributed by atoms with Gasteiger partial charge in [-0.15, -0.1) is 0 Å². The molecule has 0 radical (unpaired) electrons. The average Bonchev–Trinajstić information content (AvgIpc) is 2.77. The summed E-state index contributed by atoms with van der Waals surface area (Å²) >= 11 is 0. The van der Waals surface area contributed by atoms with Gasteiger partial charge in [-0.3, -0.25) is 14.2 Å². The standard InChI is InChI=1S/C24H21N3O3/c1-15-22(28)26(14-16-11-12-17-7-3-4-8-18(17)13-16)24(30-2)21-25-20-10-6-5-9-19(20)23(29)27(15)21/h3-13,15,24H,14H2,1-2H3/t15-,24-/m0/s1. The number of aromatic nitrogens is 2. The van der Waals surface area contributed by atoms with Gasteiger partial charge < -0.3 is 9.64 Å². The summed E-state index contributed by atoms with van der Waals surface area (Å²) in [5.74, 6) is 0.288. The summed E-state index contributed by atoms with van der Waals surface area (Å²) in [6, 6.07) is 20.8. The van der Waals surface area contributed by atoms with E-state index in [1.807, 2.05) is 24.3 Å². The van der Waals surface area contributed by atoms with E-state index in [0.717, 1.165) is 16.3 Å². The molecular weight excluding hydrogens is 378 g/mol. The van der Waals surface area contributed by atoms with Crippen molar-refractivity contribution in [2.24, 2.45) is 0 Å². The Morgan fingerprint density at radius 2 is 1.70 bits per heavy atom. The molecule has 0 N–H and O–H groups in total. The van der Waals surface area contributed by atoms with Crippen LogP contribution in [0.1, 0.15) is 30.6 Å². The zero-order chi connectivity index (χ0) is 20.8. The highest BCUT2D eigenvalue weighted by atomic mass is 16.5. The van der Waals surface area contributed by atoms with E-state index in [1.165, 1.54) is 11.7 Å². The topological polar surface area (TPSA) is 64.4 Å². The molecule has 2 heterocycles. The van der Waals surface area contributed by atoms with Crippen molar-refractivity contribution >= 4 is 27.6 Å². The Hall–Kier alpha value is -3.51. The molecule has 4 aromatic rings. The molecule has 6 heteroatoms. The molecule has 1 aliphatic heterocycles. The second kappa shape index (κ2) is 7.07. The third-order valence-corrected chi connectivity index (χ3v) is 5.76. The number of amides is 1. The predicted octanol–water partition coefficient (Wildman–Crippen LogP) is 3.80. The van der Waals surface area contributed by atoms with Gasteiger partial charge >= 0.3 is 0 Å². The van der Waals surface area contributed by atoms with Crippen molar-refractivity contribution in [3.05, 3.63) is 88.5 Å². The van der Waals surface area contributed by atoms with Crippen molar-refractivity contribution in [3.63, 3.8) is 0 Å². The van der Waals surface area contributed by atoms with Gasteiger partial charge in [0, 0.05) is 13.7 Å². The summed E-state index contributed by atoms with van der Waals surface area (Å²) in [5, 5.41) is 2.76. The van der Waals surface area contributed by atoms with E-state index in [9.17, 15) is 9.59 Å². The molecule has 1 amide bonds. The lowest BCUT2D eigenvalue weighted by atomic mass is 10.1. The smallest absolute Gasteiger partial charge is 0.262 e. The number of carbonyl (C=O) groups is 1. The third-order valence-electron chi connectivity index (χ3n) is 5.76. The van der Waals surface area contributed by atoms with E-state index >= 15 is 0 Å². The van der Waals surface area contributed by atoms with Crippen LogP contribution in [0.25, 0.3) is 21.7 Å². The third kappa shape index (κ3) is 2.80. The summed E-state index contributed by atoms with van der Waals surface area (Å²) < 4.78 is 7.16. The minimum atomic E-state index is -0.738. The van der Waals surface area contributed by atoms with Gasteiger partial charge in [0.2, 0.25) is 5.91 Å². The minimum Gasteiger partial charge on any atom is -0.354 e. The van der Waals surface area contributed by atoms with E-state index in [2.05, 4.69) is 24.3 Å². The second-order valence-corrected chi connectivity index (χ2v) is 7.57. The highest BCUT2D eigenvalue weighted by Crippen LogP contribution is 2.32. The van der Waals surface area contributed by atoms with Gasteiger partial charge in [-0.1, -0.05) is 48.5 Å². The number of para-hydroxylation sites is 1. The summed E-state index contributed by atoms with van der Waals surface area (Å²) in [6.45, 7) is 2.11. The van der Waals surface area contributed by atoms with Crippen LogP contribution in [0.4, 0.5) is 0 Å². The van der Waals surface area contributed by atoms with Gasteiger partial charge in [0.15, 0.2) is 12.1 Å². The molecule has 30 heavy (non-hydrogen) atoms. The van der Waals surface area contributed by atoms with E-state index in [4.69, 9.17) is 9.72 Å². The van der Waals surface area contributed by atoms with Gasteiger partial charge in [0.25, 0.3) is 5.56 Å². The number of ether oxygens (including phenoxy) is 1. The van der Waals surface area contributed by atoms with Crippen molar-refractivity contribution in [3.8, 4) is 0 Å². The maximum absolute atomic E-state index is 13.3. The number of benzene rings is 3. The Morgan fingerprint density at radius 1 is 0.967 bits per heavy atom. The normalized spacial score (nSPS) is 18.7. The first kappa shape index (κ1) is 18.5. The Bertz CT molecular complexity index is 1340. The maximum atomic E-state index is 13.3. The molecule has 150 valence electrons. The van der Waals surface area contributed by atoms with Crippen LogP contribution < -0.4 is 5.56 Å². The highest BCUT2D eigenvalue weighted by Gasteiger charge is 2.39. The maximum Gasteiger partial charge on any atom is 0.262 e. The fourth-order valence-corrected chi connectivity index (χ4v) is 4.24. The van der Waals surface area contributed by atoms with Crippen molar-refractivity contribution in [1.29, 1.82) is 0 Å². The van der Waals surface area contributed by atoms with Gasteiger partial charge in [-0.2, -0.15) is 0 Å². The summed E-state index contributed by atoms with van der Waals surface area (Å²) in [7, 11) is 1.53. The summed E-state index contributed by atoms with van der Waals surface area (Å²) in [5.41, 5.74) is 1.37. The molecule has 0 saturated carbocycles. The van der Waals surface area contributed by atoms with Gasteiger partial charge in [0.05, 0.1) is 10.9 Å². The predicted molar refractivity (Wildman–Crippen MR) is 115 cm³/mol. The Labute approximate surface area is 173 Å². The van der Waals surface area contributed by atoms with Crippen molar-refractivity contribution in [2.45, 2.75) is 25.7 Å². The lowest BCUT2D eigenvalue weighted by Gasteiger charge is -2.39. The average molecular weight is 399 g/mol. The van der Waals surface area contributed by atoms with E-state index in [0.29, 0.717) is 23.3 Å². The zero-order valence-corrected chi connectivity index (χ0v) is 16.8. The van der Waals surface area contributed by atoms with Crippen LogP contribution in [-0.4, -0.2) is 27.5 Å². The Kier molecular flexibility index (Phi) is 4.37. The summed E-state index contributed by atoms with van der Waals surface area (Å²) in [4.78, 5) is 32.7. The van der Waals surface area contributed by atoms with Gasteiger partial charge in [-0.25, -0.2) is 4.98 Å². The zero-order valence-electron chi connectivity index (χ0n) is 16.8. The van der Waals surface area contributed by atoms with Crippen LogP contribution >= 0.6 is 0 Å².